The molecule has 0 saturated carbocycles. The van der Waals surface area contributed by atoms with Crippen molar-refractivity contribution in [3.63, 3.8) is 0 Å². The molecule has 0 unspecified atom stereocenters. The fraction of sp³-hybridized carbons (Fsp3) is 0.391. The summed E-state index contributed by atoms with van der Waals surface area (Å²) in [5, 5.41) is 2.53. The Morgan fingerprint density at radius 3 is 2.42 bits per heavy atom. The number of aryl methyl sites for hydroxylation is 2. The number of aromatic nitrogens is 2. The molecule has 31 heavy (non-hydrogen) atoms. The largest absolute Gasteiger partial charge is 0.342 e. The molecule has 0 N–H and O–H groups in total. The van der Waals surface area contributed by atoms with Gasteiger partial charge in [0.05, 0.1) is 18.3 Å². The van der Waals surface area contributed by atoms with Crippen LogP contribution >= 0.6 is 11.3 Å². The molecule has 0 spiro atoms. The Kier molecular flexibility index (Phi) is 7.22. The highest BCUT2D eigenvalue weighted by atomic mass is 32.1. The van der Waals surface area contributed by atoms with Gasteiger partial charge in [-0.15, -0.1) is 11.3 Å². The molecule has 0 aliphatic carbocycles. The first-order valence-electron chi connectivity index (χ1n) is 10.4. The first-order valence-corrected chi connectivity index (χ1v) is 11.3. The van der Waals surface area contributed by atoms with Gasteiger partial charge in [0.2, 0.25) is 11.8 Å². The molecule has 0 atom stereocenters. The van der Waals surface area contributed by atoms with Gasteiger partial charge in [0, 0.05) is 44.0 Å². The fourth-order valence-electron chi connectivity index (χ4n) is 3.45. The maximum Gasteiger partial charge on any atom is 0.262 e. The van der Waals surface area contributed by atoms with Crippen molar-refractivity contribution in [3.8, 4) is 11.1 Å². The van der Waals surface area contributed by atoms with Crippen LogP contribution in [0.2, 0.25) is 0 Å². The Bertz CT molecular complexity index is 1130. The average molecular weight is 441 g/mol. The van der Waals surface area contributed by atoms with Gasteiger partial charge in [-0.1, -0.05) is 29.8 Å². The minimum Gasteiger partial charge on any atom is -0.342 e. The number of fused-ring (bicyclic) bond motifs is 1. The number of carbonyl (C=O) groups is 2. The molecule has 8 heteroatoms. The third-order valence-electron chi connectivity index (χ3n) is 5.40. The van der Waals surface area contributed by atoms with Crippen molar-refractivity contribution < 1.29 is 9.59 Å². The van der Waals surface area contributed by atoms with Crippen LogP contribution < -0.4 is 5.56 Å². The summed E-state index contributed by atoms with van der Waals surface area (Å²) in [6.07, 6.45) is 1.62. The van der Waals surface area contributed by atoms with Crippen LogP contribution in [0.15, 0.2) is 40.8 Å². The number of thiophene rings is 1. The highest BCUT2D eigenvalue weighted by Crippen LogP contribution is 2.30. The van der Waals surface area contributed by atoms with E-state index in [-0.39, 0.29) is 36.9 Å². The van der Waals surface area contributed by atoms with Crippen LogP contribution in [-0.4, -0.2) is 57.8 Å². The average Bonchev–Trinajstić information content (AvgIpc) is 3.19. The third kappa shape index (κ3) is 5.02. The fourth-order valence-corrected chi connectivity index (χ4v) is 4.35. The van der Waals surface area contributed by atoms with Crippen LogP contribution in [0, 0.1) is 6.92 Å². The number of benzene rings is 1. The van der Waals surface area contributed by atoms with Crippen molar-refractivity contribution in [1.82, 2.24) is 19.4 Å². The zero-order chi connectivity index (χ0) is 22.5. The van der Waals surface area contributed by atoms with Crippen LogP contribution in [0.4, 0.5) is 0 Å². The number of nitrogens with zero attached hydrogens (tertiary/aromatic N) is 4. The van der Waals surface area contributed by atoms with Crippen LogP contribution in [0.1, 0.15) is 25.8 Å². The molecule has 3 rings (SSSR count). The molecule has 0 aliphatic heterocycles. The van der Waals surface area contributed by atoms with Crippen LogP contribution in [-0.2, 0) is 16.1 Å². The second-order valence-corrected chi connectivity index (χ2v) is 8.36. The van der Waals surface area contributed by atoms with Crippen molar-refractivity contribution >= 4 is 33.4 Å². The Morgan fingerprint density at radius 1 is 1.10 bits per heavy atom. The van der Waals surface area contributed by atoms with Crippen molar-refractivity contribution in [1.29, 1.82) is 0 Å². The summed E-state index contributed by atoms with van der Waals surface area (Å²) in [6, 6.07) is 8.03. The number of amides is 2. The first-order chi connectivity index (χ1) is 14.8. The number of rotatable bonds is 8. The summed E-state index contributed by atoms with van der Waals surface area (Å²) in [6.45, 7) is 7.32. The van der Waals surface area contributed by atoms with Gasteiger partial charge in [-0.05, 0) is 26.3 Å². The summed E-state index contributed by atoms with van der Waals surface area (Å²) < 4.78 is 1.48. The standard InChI is InChI=1S/C23H28N4O3S/c1-5-26(6-2)20(29)13-25(4)19(28)11-12-27-15-24-22-21(23(27)30)18(14-31-22)17-9-7-16(3)8-10-17/h7-10,14-15H,5-6,11-13H2,1-4H3. The Hall–Kier alpha value is -3.00. The van der Waals surface area contributed by atoms with E-state index < -0.39 is 0 Å². The van der Waals surface area contributed by atoms with E-state index in [4.69, 9.17) is 0 Å². The Balaban J connectivity index is 1.75. The summed E-state index contributed by atoms with van der Waals surface area (Å²) in [5.41, 5.74) is 2.83. The number of carbonyl (C=O) groups excluding carboxylic acids is 2. The smallest absolute Gasteiger partial charge is 0.262 e. The summed E-state index contributed by atoms with van der Waals surface area (Å²) in [7, 11) is 1.61. The topological polar surface area (TPSA) is 75.5 Å². The molecule has 3 aromatic rings. The molecule has 0 aliphatic rings. The molecule has 0 radical (unpaired) electrons. The lowest BCUT2D eigenvalue weighted by atomic mass is 10.1. The lowest BCUT2D eigenvalue weighted by Gasteiger charge is -2.23. The lowest BCUT2D eigenvalue weighted by molar-refractivity contribution is -0.139. The molecule has 164 valence electrons. The molecule has 0 fully saturated rings. The van der Waals surface area contributed by atoms with Gasteiger partial charge in [0.1, 0.15) is 4.83 Å². The molecule has 0 saturated heterocycles. The van der Waals surface area contributed by atoms with Gasteiger partial charge in [-0.25, -0.2) is 4.98 Å². The Labute approximate surface area is 185 Å². The van der Waals surface area contributed by atoms with Crippen molar-refractivity contribution in [2.45, 2.75) is 33.7 Å². The molecule has 2 aromatic heterocycles. The van der Waals surface area contributed by atoms with Crippen molar-refractivity contribution in [3.05, 3.63) is 51.9 Å². The zero-order valence-electron chi connectivity index (χ0n) is 18.4. The van der Waals surface area contributed by atoms with E-state index in [1.54, 1.807) is 11.9 Å². The number of likely N-dealkylation sites (N-methyl/N-ethyl adjacent to an activating group) is 2. The lowest BCUT2D eigenvalue weighted by Crippen LogP contribution is -2.41. The maximum atomic E-state index is 13.1. The third-order valence-corrected chi connectivity index (χ3v) is 6.29. The number of hydrogen-bond acceptors (Lipinski definition) is 5. The van der Waals surface area contributed by atoms with E-state index in [1.165, 1.54) is 27.1 Å². The van der Waals surface area contributed by atoms with Gasteiger partial charge in [-0.3, -0.25) is 19.0 Å². The van der Waals surface area contributed by atoms with E-state index >= 15 is 0 Å². The van der Waals surface area contributed by atoms with Crippen LogP contribution in [0.25, 0.3) is 21.3 Å². The SMILES string of the molecule is CCN(CC)C(=O)CN(C)C(=O)CCn1cnc2scc(-c3ccc(C)cc3)c2c1=O. The van der Waals surface area contributed by atoms with Gasteiger partial charge in [-0.2, -0.15) is 0 Å². The van der Waals surface area contributed by atoms with Crippen molar-refractivity contribution in [2.24, 2.45) is 0 Å². The highest BCUT2D eigenvalue weighted by Gasteiger charge is 2.18. The van der Waals surface area contributed by atoms with Crippen molar-refractivity contribution in [2.75, 3.05) is 26.7 Å². The van der Waals surface area contributed by atoms with Crippen LogP contribution in [0.3, 0.4) is 0 Å². The molecule has 7 nitrogen and oxygen atoms in total. The first kappa shape index (κ1) is 22.7. The maximum absolute atomic E-state index is 13.1. The molecule has 0 bridgehead atoms. The predicted octanol–water partition coefficient (Wildman–Crippen LogP) is 3.15. The van der Waals surface area contributed by atoms with E-state index in [0.717, 1.165) is 16.7 Å². The van der Waals surface area contributed by atoms with Crippen LogP contribution in [0.5, 0.6) is 0 Å². The molecular weight excluding hydrogens is 412 g/mol. The molecular formula is C23H28N4O3S. The summed E-state index contributed by atoms with van der Waals surface area (Å²) in [5.74, 6) is -0.265. The summed E-state index contributed by atoms with van der Waals surface area (Å²) in [4.78, 5) is 46.1. The quantitative estimate of drug-likeness (QED) is 0.539. The van der Waals surface area contributed by atoms with E-state index in [1.807, 2.05) is 50.4 Å². The minimum atomic E-state index is -0.184. The van der Waals surface area contributed by atoms with Gasteiger partial charge in [0.25, 0.3) is 5.56 Å². The van der Waals surface area contributed by atoms with Gasteiger partial charge >= 0.3 is 0 Å². The molecule has 2 amide bonds. The number of hydrogen-bond donors (Lipinski definition) is 0. The minimum absolute atomic E-state index is 0.0365. The van der Waals surface area contributed by atoms with E-state index in [2.05, 4.69) is 4.98 Å². The molecule has 2 heterocycles. The predicted molar refractivity (Wildman–Crippen MR) is 124 cm³/mol. The summed E-state index contributed by atoms with van der Waals surface area (Å²) >= 11 is 1.44. The Morgan fingerprint density at radius 2 is 1.77 bits per heavy atom. The second kappa shape index (κ2) is 9.87. The highest BCUT2D eigenvalue weighted by molar-refractivity contribution is 7.17. The second-order valence-electron chi connectivity index (χ2n) is 7.50. The van der Waals surface area contributed by atoms with E-state index in [0.29, 0.717) is 23.3 Å². The monoisotopic (exact) mass is 440 g/mol. The molecule has 1 aromatic carbocycles. The van der Waals surface area contributed by atoms with Gasteiger partial charge in [0.15, 0.2) is 0 Å². The van der Waals surface area contributed by atoms with Gasteiger partial charge < -0.3 is 9.80 Å². The normalized spacial score (nSPS) is 11.0. The zero-order valence-corrected chi connectivity index (χ0v) is 19.2. The van der Waals surface area contributed by atoms with E-state index in [9.17, 15) is 14.4 Å².